The van der Waals surface area contributed by atoms with E-state index < -0.39 is 0 Å². The van der Waals surface area contributed by atoms with Crippen molar-refractivity contribution in [3.05, 3.63) is 59.1 Å². The monoisotopic (exact) mass is 383 g/mol. The van der Waals surface area contributed by atoms with Crippen LogP contribution >= 0.6 is 11.6 Å². The summed E-state index contributed by atoms with van der Waals surface area (Å²) in [6.45, 7) is 4.17. The van der Waals surface area contributed by atoms with E-state index in [1.54, 1.807) is 17.1 Å². The summed E-state index contributed by atoms with van der Waals surface area (Å²) in [7, 11) is 0. The van der Waals surface area contributed by atoms with Crippen LogP contribution in [0, 0.1) is 5.92 Å². The Morgan fingerprint density at radius 1 is 1.33 bits per heavy atom. The maximum absolute atomic E-state index is 12.8. The maximum Gasteiger partial charge on any atom is 0.259 e. The molecule has 4 rings (SSSR count). The van der Waals surface area contributed by atoms with Gasteiger partial charge in [-0.25, -0.2) is 4.68 Å². The molecule has 1 unspecified atom stereocenters. The van der Waals surface area contributed by atoms with Crippen molar-refractivity contribution >= 4 is 23.2 Å². The van der Waals surface area contributed by atoms with E-state index in [2.05, 4.69) is 22.4 Å². The Bertz CT molecular complexity index is 972. The number of halogens is 1. The average Bonchev–Trinajstić information content (AvgIpc) is 3.25. The molecule has 1 amide bonds. The molecule has 140 valence electrons. The number of hydrogen-bond donors (Lipinski definition) is 1. The van der Waals surface area contributed by atoms with Crippen LogP contribution in [0.4, 0.5) is 5.69 Å². The minimum atomic E-state index is -0.182. The molecule has 0 spiro atoms. The molecular formula is C20H22ClN5O. The summed E-state index contributed by atoms with van der Waals surface area (Å²) in [5, 5.41) is 12.4. The van der Waals surface area contributed by atoms with Gasteiger partial charge in [0.25, 0.3) is 5.91 Å². The highest BCUT2D eigenvalue weighted by molar-refractivity contribution is 6.30. The zero-order chi connectivity index (χ0) is 19.0. The number of rotatable bonds is 6. The van der Waals surface area contributed by atoms with Crippen molar-refractivity contribution in [2.75, 3.05) is 5.32 Å². The second-order valence-corrected chi connectivity index (χ2v) is 7.43. The summed E-state index contributed by atoms with van der Waals surface area (Å²) in [6, 6.07) is 7.80. The molecule has 6 nitrogen and oxygen atoms in total. The molecule has 1 N–H and O–H groups in total. The van der Waals surface area contributed by atoms with Gasteiger partial charge in [0.15, 0.2) is 0 Å². The molecule has 1 aliphatic rings. The SMILES string of the molecule is CCc1c(C(=O)Nc2cnn(C(C)C3CC3)c2)cnn1-c1cccc(Cl)c1. The molecule has 7 heteroatoms. The number of carbonyl (C=O) groups is 1. The fourth-order valence-electron chi connectivity index (χ4n) is 3.35. The van der Waals surface area contributed by atoms with Crippen LogP contribution in [0.25, 0.3) is 5.69 Å². The molecule has 0 aliphatic heterocycles. The van der Waals surface area contributed by atoms with Gasteiger partial charge in [0.05, 0.1) is 41.1 Å². The van der Waals surface area contributed by atoms with Crippen molar-refractivity contribution in [1.29, 1.82) is 0 Å². The summed E-state index contributed by atoms with van der Waals surface area (Å²) < 4.78 is 3.70. The molecule has 0 bridgehead atoms. The van der Waals surface area contributed by atoms with Gasteiger partial charge in [0, 0.05) is 11.2 Å². The predicted molar refractivity (Wildman–Crippen MR) is 106 cm³/mol. The van der Waals surface area contributed by atoms with Gasteiger partial charge < -0.3 is 5.32 Å². The number of aromatic nitrogens is 4. The molecule has 2 heterocycles. The van der Waals surface area contributed by atoms with E-state index in [1.165, 1.54) is 12.8 Å². The third-order valence-corrected chi connectivity index (χ3v) is 5.32. The Morgan fingerprint density at radius 3 is 2.85 bits per heavy atom. The van der Waals surface area contributed by atoms with Crippen molar-refractivity contribution < 1.29 is 4.79 Å². The van der Waals surface area contributed by atoms with E-state index in [9.17, 15) is 4.79 Å². The molecule has 0 saturated heterocycles. The van der Waals surface area contributed by atoms with E-state index in [0.717, 1.165) is 11.4 Å². The summed E-state index contributed by atoms with van der Waals surface area (Å²) >= 11 is 6.09. The summed E-state index contributed by atoms with van der Waals surface area (Å²) in [5.74, 6) is 0.523. The lowest BCUT2D eigenvalue weighted by Gasteiger charge is -2.10. The van der Waals surface area contributed by atoms with Crippen molar-refractivity contribution in [3.63, 3.8) is 0 Å². The first-order valence-electron chi connectivity index (χ1n) is 9.25. The van der Waals surface area contributed by atoms with Crippen LogP contribution in [-0.2, 0) is 6.42 Å². The third-order valence-electron chi connectivity index (χ3n) is 5.08. The molecule has 0 radical (unpaired) electrons. The Morgan fingerprint density at radius 2 is 2.15 bits per heavy atom. The summed E-state index contributed by atoms with van der Waals surface area (Å²) in [4.78, 5) is 12.8. The van der Waals surface area contributed by atoms with Crippen molar-refractivity contribution in [1.82, 2.24) is 19.6 Å². The van der Waals surface area contributed by atoms with Gasteiger partial charge in [-0.05, 0) is 50.3 Å². The molecule has 1 atom stereocenters. The highest BCUT2D eigenvalue weighted by Gasteiger charge is 2.29. The van der Waals surface area contributed by atoms with Gasteiger partial charge in [-0.15, -0.1) is 0 Å². The Hall–Kier alpha value is -2.60. The Labute approximate surface area is 163 Å². The van der Waals surface area contributed by atoms with E-state index in [1.807, 2.05) is 42.1 Å². The Kier molecular flexibility index (Phi) is 4.74. The lowest BCUT2D eigenvalue weighted by molar-refractivity contribution is 0.102. The molecule has 1 fully saturated rings. The zero-order valence-corrected chi connectivity index (χ0v) is 16.1. The standard InChI is InChI=1S/C20H22ClN5O/c1-3-19-18(11-23-26(19)17-6-4-5-15(21)9-17)20(27)24-16-10-22-25(12-16)13(2)14-7-8-14/h4-6,9-14H,3,7-8H2,1-2H3,(H,24,27). The van der Waals surface area contributed by atoms with Crippen LogP contribution in [0.1, 0.15) is 48.8 Å². The largest absolute Gasteiger partial charge is 0.319 e. The smallest absolute Gasteiger partial charge is 0.259 e. The minimum absolute atomic E-state index is 0.182. The second kappa shape index (κ2) is 7.19. The predicted octanol–water partition coefficient (Wildman–Crippen LogP) is 4.51. The highest BCUT2D eigenvalue weighted by Crippen LogP contribution is 2.39. The maximum atomic E-state index is 12.8. The first-order valence-corrected chi connectivity index (χ1v) is 9.63. The third kappa shape index (κ3) is 3.62. The van der Waals surface area contributed by atoms with E-state index in [4.69, 9.17) is 11.6 Å². The number of anilines is 1. The topological polar surface area (TPSA) is 64.7 Å². The van der Waals surface area contributed by atoms with Crippen molar-refractivity contribution in [2.24, 2.45) is 5.92 Å². The molecule has 1 aliphatic carbocycles. The molecule has 1 saturated carbocycles. The van der Waals surface area contributed by atoms with Gasteiger partial charge in [0.2, 0.25) is 0 Å². The zero-order valence-electron chi connectivity index (χ0n) is 15.4. The van der Waals surface area contributed by atoms with Crippen LogP contribution in [0.2, 0.25) is 5.02 Å². The number of amides is 1. The van der Waals surface area contributed by atoms with E-state index >= 15 is 0 Å². The Balaban J connectivity index is 1.55. The fourth-order valence-corrected chi connectivity index (χ4v) is 3.54. The first-order chi connectivity index (χ1) is 13.1. The number of benzene rings is 1. The molecule has 27 heavy (non-hydrogen) atoms. The molecule has 1 aromatic carbocycles. The van der Waals surface area contributed by atoms with Crippen molar-refractivity contribution in [3.8, 4) is 5.69 Å². The van der Waals surface area contributed by atoms with Crippen LogP contribution < -0.4 is 5.32 Å². The highest BCUT2D eigenvalue weighted by atomic mass is 35.5. The van der Waals surface area contributed by atoms with Crippen LogP contribution in [0.5, 0.6) is 0 Å². The molecule has 2 aromatic heterocycles. The van der Waals surface area contributed by atoms with Gasteiger partial charge in [-0.1, -0.05) is 24.6 Å². The normalized spacial score (nSPS) is 14.9. The molecule has 3 aromatic rings. The number of nitrogens with one attached hydrogen (secondary N) is 1. The summed E-state index contributed by atoms with van der Waals surface area (Å²) in [5.41, 5.74) is 2.93. The van der Waals surface area contributed by atoms with Gasteiger partial charge in [-0.2, -0.15) is 10.2 Å². The lowest BCUT2D eigenvalue weighted by atomic mass is 10.2. The van der Waals surface area contributed by atoms with E-state index in [-0.39, 0.29) is 5.91 Å². The lowest BCUT2D eigenvalue weighted by Crippen LogP contribution is -2.14. The number of hydrogen-bond acceptors (Lipinski definition) is 3. The van der Waals surface area contributed by atoms with Crippen LogP contribution in [0.3, 0.4) is 0 Å². The summed E-state index contributed by atoms with van der Waals surface area (Å²) in [6.07, 6.45) is 8.38. The van der Waals surface area contributed by atoms with Gasteiger partial charge >= 0.3 is 0 Å². The first kappa shape index (κ1) is 17.8. The fraction of sp³-hybridized carbons (Fsp3) is 0.350. The van der Waals surface area contributed by atoms with Crippen LogP contribution in [-0.4, -0.2) is 25.5 Å². The van der Waals surface area contributed by atoms with Crippen molar-refractivity contribution in [2.45, 2.75) is 39.2 Å². The number of carbonyl (C=O) groups excluding carboxylic acids is 1. The van der Waals surface area contributed by atoms with Crippen LogP contribution in [0.15, 0.2) is 42.9 Å². The van der Waals surface area contributed by atoms with E-state index in [0.29, 0.717) is 34.7 Å². The number of nitrogens with zero attached hydrogens (tertiary/aromatic N) is 4. The minimum Gasteiger partial charge on any atom is -0.319 e. The molecular weight excluding hydrogens is 362 g/mol. The van der Waals surface area contributed by atoms with Gasteiger partial charge in [-0.3, -0.25) is 9.48 Å². The second-order valence-electron chi connectivity index (χ2n) is 6.99. The average molecular weight is 384 g/mol. The van der Waals surface area contributed by atoms with Gasteiger partial charge in [0.1, 0.15) is 0 Å². The quantitative estimate of drug-likeness (QED) is 0.681.